The van der Waals surface area contributed by atoms with Gasteiger partial charge < -0.3 is 20.4 Å². The van der Waals surface area contributed by atoms with Gasteiger partial charge in [-0.2, -0.15) is 0 Å². The molecule has 1 heterocycles. The van der Waals surface area contributed by atoms with Crippen LogP contribution in [0.2, 0.25) is 0 Å². The lowest BCUT2D eigenvalue weighted by Gasteiger charge is -2.29. The van der Waals surface area contributed by atoms with E-state index in [1.165, 1.54) is 24.9 Å². The van der Waals surface area contributed by atoms with Crippen LogP contribution in [0.5, 0.6) is 0 Å². The maximum Gasteiger partial charge on any atom is 0.319 e. The van der Waals surface area contributed by atoms with Crippen LogP contribution in [-0.4, -0.2) is 43.0 Å². The third-order valence-corrected chi connectivity index (χ3v) is 5.21. The summed E-state index contributed by atoms with van der Waals surface area (Å²) in [6, 6.07) is 15.3. The van der Waals surface area contributed by atoms with Crippen molar-refractivity contribution in [1.29, 1.82) is 0 Å². The third kappa shape index (κ3) is 5.99. The van der Waals surface area contributed by atoms with Crippen LogP contribution in [0.25, 0.3) is 0 Å². The van der Waals surface area contributed by atoms with Crippen LogP contribution in [-0.2, 0) is 6.54 Å². The van der Waals surface area contributed by atoms with Gasteiger partial charge in [0.15, 0.2) is 0 Å². The zero-order valence-electron chi connectivity index (χ0n) is 18.1. The van der Waals surface area contributed by atoms with Crippen molar-refractivity contribution < 1.29 is 9.59 Å². The molecule has 2 aromatic carbocycles. The van der Waals surface area contributed by atoms with Crippen molar-refractivity contribution in [3.05, 3.63) is 59.7 Å². The molecule has 30 heavy (non-hydrogen) atoms. The summed E-state index contributed by atoms with van der Waals surface area (Å²) < 4.78 is 0. The van der Waals surface area contributed by atoms with Gasteiger partial charge in [-0.05, 0) is 69.0 Å². The summed E-state index contributed by atoms with van der Waals surface area (Å²) in [5.41, 5.74) is 3.49. The molecule has 0 unspecified atom stereocenters. The molecule has 1 saturated heterocycles. The fraction of sp³-hybridized carbons (Fsp3) is 0.417. The van der Waals surface area contributed by atoms with Crippen LogP contribution >= 0.6 is 0 Å². The molecule has 6 heteroatoms. The first-order chi connectivity index (χ1) is 14.4. The Hall–Kier alpha value is -3.02. The fourth-order valence-corrected chi connectivity index (χ4v) is 3.69. The lowest BCUT2D eigenvalue weighted by atomic mass is 10.1. The zero-order chi connectivity index (χ0) is 21.5. The van der Waals surface area contributed by atoms with Gasteiger partial charge >= 0.3 is 6.03 Å². The first-order valence-corrected chi connectivity index (χ1v) is 10.7. The fourth-order valence-electron chi connectivity index (χ4n) is 3.69. The molecule has 2 aromatic rings. The number of hydrogen-bond acceptors (Lipinski definition) is 3. The standard InChI is InChI=1S/C24H32N4O2/c1-18(2)25-24(30)26-21-9-7-8-20(16-21)23(29)27(3)17-19-10-12-22(13-11-19)28-14-5-4-6-15-28/h7-13,16,18H,4-6,14-15,17H2,1-3H3,(H2,25,26,30). The summed E-state index contributed by atoms with van der Waals surface area (Å²) in [6.07, 6.45) is 3.83. The van der Waals surface area contributed by atoms with E-state index in [2.05, 4.69) is 39.8 Å². The molecule has 0 aliphatic carbocycles. The maximum absolute atomic E-state index is 12.9. The van der Waals surface area contributed by atoms with E-state index in [-0.39, 0.29) is 18.0 Å². The summed E-state index contributed by atoms with van der Waals surface area (Å²) >= 11 is 0. The maximum atomic E-state index is 12.9. The summed E-state index contributed by atoms with van der Waals surface area (Å²) in [5.74, 6) is -0.0805. The van der Waals surface area contributed by atoms with Crippen molar-refractivity contribution >= 4 is 23.3 Å². The van der Waals surface area contributed by atoms with Crippen molar-refractivity contribution in [2.45, 2.75) is 45.7 Å². The van der Waals surface area contributed by atoms with E-state index in [1.807, 2.05) is 13.8 Å². The number of anilines is 2. The molecule has 1 fully saturated rings. The van der Waals surface area contributed by atoms with E-state index < -0.39 is 0 Å². The van der Waals surface area contributed by atoms with Gasteiger partial charge in [-0.1, -0.05) is 18.2 Å². The summed E-state index contributed by atoms with van der Waals surface area (Å²) in [7, 11) is 1.80. The Bertz CT molecular complexity index is 858. The average Bonchev–Trinajstić information content (AvgIpc) is 2.74. The molecular formula is C24H32N4O2. The van der Waals surface area contributed by atoms with E-state index in [0.29, 0.717) is 17.8 Å². The zero-order valence-corrected chi connectivity index (χ0v) is 18.1. The summed E-state index contributed by atoms with van der Waals surface area (Å²) in [5, 5.41) is 5.54. The van der Waals surface area contributed by atoms with Crippen LogP contribution in [0.4, 0.5) is 16.2 Å². The predicted molar refractivity (Wildman–Crippen MR) is 122 cm³/mol. The molecule has 1 aliphatic rings. The number of hydrogen-bond donors (Lipinski definition) is 2. The Kier molecular flexibility index (Phi) is 7.33. The molecule has 0 saturated carbocycles. The topological polar surface area (TPSA) is 64.7 Å². The Morgan fingerprint density at radius 3 is 2.40 bits per heavy atom. The normalized spacial score (nSPS) is 13.8. The van der Waals surface area contributed by atoms with Gasteiger partial charge in [0.2, 0.25) is 0 Å². The minimum absolute atomic E-state index is 0.0437. The number of urea groups is 1. The van der Waals surface area contributed by atoms with Crippen molar-refractivity contribution in [2.24, 2.45) is 0 Å². The highest BCUT2D eigenvalue weighted by Gasteiger charge is 2.15. The van der Waals surface area contributed by atoms with Crippen LogP contribution in [0, 0.1) is 0 Å². The molecule has 0 spiro atoms. The minimum Gasteiger partial charge on any atom is -0.372 e. The van der Waals surface area contributed by atoms with Crippen molar-refractivity contribution in [1.82, 2.24) is 10.2 Å². The van der Waals surface area contributed by atoms with Gasteiger partial charge in [0, 0.05) is 49.7 Å². The summed E-state index contributed by atoms with van der Waals surface area (Å²) in [6.45, 7) is 6.57. The molecule has 3 amide bonds. The van der Waals surface area contributed by atoms with Crippen LogP contribution in [0.3, 0.4) is 0 Å². The number of amides is 3. The third-order valence-electron chi connectivity index (χ3n) is 5.21. The van der Waals surface area contributed by atoms with Gasteiger partial charge in [0.25, 0.3) is 5.91 Å². The second kappa shape index (κ2) is 10.1. The minimum atomic E-state index is -0.281. The second-order valence-electron chi connectivity index (χ2n) is 8.21. The van der Waals surface area contributed by atoms with E-state index >= 15 is 0 Å². The monoisotopic (exact) mass is 408 g/mol. The molecule has 0 atom stereocenters. The largest absolute Gasteiger partial charge is 0.372 e. The molecule has 0 aromatic heterocycles. The van der Waals surface area contributed by atoms with Gasteiger partial charge in [-0.15, -0.1) is 0 Å². The molecule has 160 valence electrons. The average molecular weight is 409 g/mol. The number of rotatable bonds is 6. The predicted octanol–water partition coefficient (Wildman–Crippen LogP) is 4.48. The van der Waals surface area contributed by atoms with Gasteiger partial charge in [0.1, 0.15) is 0 Å². The smallest absolute Gasteiger partial charge is 0.319 e. The van der Waals surface area contributed by atoms with E-state index in [9.17, 15) is 9.59 Å². The summed E-state index contributed by atoms with van der Waals surface area (Å²) in [4.78, 5) is 28.9. The molecule has 2 N–H and O–H groups in total. The highest BCUT2D eigenvalue weighted by molar-refractivity contribution is 5.96. The number of carbonyl (C=O) groups is 2. The SMILES string of the molecule is CC(C)NC(=O)Nc1cccc(C(=O)N(C)Cc2ccc(N3CCCCC3)cc2)c1. The second-order valence-corrected chi connectivity index (χ2v) is 8.21. The Balaban J connectivity index is 1.60. The number of nitrogens with zero attached hydrogens (tertiary/aromatic N) is 2. The van der Waals surface area contributed by atoms with Crippen LogP contribution in [0.1, 0.15) is 49.0 Å². The number of piperidine rings is 1. The number of nitrogens with one attached hydrogen (secondary N) is 2. The first kappa shape index (κ1) is 21.7. The Morgan fingerprint density at radius 2 is 1.73 bits per heavy atom. The van der Waals surface area contributed by atoms with Crippen molar-refractivity contribution in [3.8, 4) is 0 Å². The van der Waals surface area contributed by atoms with Crippen molar-refractivity contribution in [3.63, 3.8) is 0 Å². The molecular weight excluding hydrogens is 376 g/mol. The van der Waals surface area contributed by atoms with Crippen molar-refractivity contribution in [2.75, 3.05) is 30.4 Å². The van der Waals surface area contributed by atoms with Crippen LogP contribution in [0.15, 0.2) is 48.5 Å². The highest BCUT2D eigenvalue weighted by atomic mass is 16.2. The lowest BCUT2D eigenvalue weighted by molar-refractivity contribution is 0.0785. The number of carbonyl (C=O) groups excluding carboxylic acids is 2. The number of benzene rings is 2. The van der Waals surface area contributed by atoms with Crippen LogP contribution < -0.4 is 15.5 Å². The van der Waals surface area contributed by atoms with E-state index in [1.54, 1.807) is 36.2 Å². The Morgan fingerprint density at radius 1 is 1.03 bits per heavy atom. The van der Waals surface area contributed by atoms with Gasteiger partial charge in [0.05, 0.1) is 0 Å². The van der Waals surface area contributed by atoms with Gasteiger partial charge in [-0.25, -0.2) is 4.79 Å². The molecule has 0 radical (unpaired) electrons. The first-order valence-electron chi connectivity index (χ1n) is 10.7. The van der Waals surface area contributed by atoms with E-state index in [4.69, 9.17) is 0 Å². The molecule has 3 rings (SSSR count). The quantitative estimate of drug-likeness (QED) is 0.741. The van der Waals surface area contributed by atoms with Gasteiger partial charge in [-0.3, -0.25) is 4.79 Å². The lowest BCUT2D eigenvalue weighted by Crippen LogP contribution is -2.34. The highest BCUT2D eigenvalue weighted by Crippen LogP contribution is 2.21. The molecule has 1 aliphatic heterocycles. The van der Waals surface area contributed by atoms with E-state index in [0.717, 1.165) is 18.7 Å². The molecule has 0 bridgehead atoms. The molecule has 6 nitrogen and oxygen atoms in total. The Labute approximate surface area is 179 Å².